The average Bonchev–Trinajstić information content (AvgIpc) is 3.16. The lowest BCUT2D eigenvalue weighted by Crippen LogP contribution is -2.21. The first-order valence-corrected chi connectivity index (χ1v) is 11.8. The van der Waals surface area contributed by atoms with Crippen molar-refractivity contribution >= 4 is 33.1 Å². The summed E-state index contributed by atoms with van der Waals surface area (Å²) in [6, 6.07) is 5.41. The molecule has 0 aliphatic heterocycles. The van der Waals surface area contributed by atoms with E-state index in [1.807, 2.05) is 12.1 Å². The third-order valence-corrected chi connectivity index (χ3v) is 7.51. The molecule has 1 aliphatic rings. The Kier molecular flexibility index (Phi) is 6.08. The quantitative estimate of drug-likeness (QED) is 0.549. The Hall–Kier alpha value is -2.38. The van der Waals surface area contributed by atoms with Crippen molar-refractivity contribution in [2.75, 3.05) is 5.32 Å². The second-order valence-electron chi connectivity index (χ2n) is 9.38. The van der Waals surface area contributed by atoms with Gasteiger partial charge < -0.3 is 10.4 Å². The van der Waals surface area contributed by atoms with Crippen molar-refractivity contribution in [3.05, 3.63) is 47.0 Å². The van der Waals surface area contributed by atoms with E-state index in [9.17, 15) is 9.90 Å². The number of hydrogen-bond donors (Lipinski definition) is 2. The number of carbonyl (C=O) groups excluding carboxylic acids is 1. The second kappa shape index (κ2) is 8.63. The number of carbonyl (C=O) groups is 1. The summed E-state index contributed by atoms with van der Waals surface area (Å²) in [7, 11) is 0. The van der Waals surface area contributed by atoms with Gasteiger partial charge in [0.2, 0.25) is 0 Å². The number of amides is 1. The van der Waals surface area contributed by atoms with Crippen molar-refractivity contribution < 1.29 is 9.90 Å². The molecule has 2 N–H and O–H groups in total. The van der Waals surface area contributed by atoms with Gasteiger partial charge in [0.1, 0.15) is 12.0 Å². The van der Waals surface area contributed by atoms with E-state index in [-0.39, 0.29) is 11.6 Å². The van der Waals surface area contributed by atoms with E-state index in [1.54, 1.807) is 31.3 Å². The number of anilines is 1. The zero-order valence-electron chi connectivity index (χ0n) is 18.6. The van der Waals surface area contributed by atoms with E-state index in [4.69, 9.17) is 4.98 Å². The fourth-order valence-electron chi connectivity index (χ4n) is 4.42. The number of hydrogen-bond acceptors (Lipinski definition) is 6. The van der Waals surface area contributed by atoms with Crippen LogP contribution in [-0.2, 0) is 5.60 Å². The Morgan fingerprint density at radius 3 is 2.58 bits per heavy atom. The van der Waals surface area contributed by atoms with Gasteiger partial charge in [-0.3, -0.25) is 4.79 Å². The summed E-state index contributed by atoms with van der Waals surface area (Å²) >= 11 is 1.70. The Bertz CT molecular complexity index is 1060. The van der Waals surface area contributed by atoms with Crippen molar-refractivity contribution in [3.8, 4) is 0 Å². The number of fused-ring (bicyclic) bond motifs is 1. The number of aliphatic hydroxyl groups is 1. The van der Waals surface area contributed by atoms with Crippen LogP contribution in [0, 0.1) is 11.8 Å². The van der Waals surface area contributed by atoms with E-state index >= 15 is 0 Å². The maximum atomic E-state index is 12.7. The molecular weight excluding hydrogens is 408 g/mol. The van der Waals surface area contributed by atoms with Crippen LogP contribution in [0.1, 0.15) is 80.4 Å². The van der Waals surface area contributed by atoms with Crippen molar-refractivity contribution in [3.63, 3.8) is 0 Å². The minimum absolute atomic E-state index is 0.281. The van der Waals surface area contributed by atoms with Crippen LogP contribution in [0.2, 0.25) is 0 Å². The van der Waals surface area contributed by atoms with Gasteiger partial charge in [0.25, 0.3) is 5.91 Å². The highest BCUT2D eigenvalue weighted by atomic mass is 32.1. The molecule has 31 heavy (non-hydrogen) atoms. The summed E-state index contributed by atoms with van der Waals surface area (Å²) in [4.78, 5) is 25.5. The van der Waals surface area contributed by atoms with Crippen LogP contribution in [0.15, 0.2) is 30.7 Å². The summed E-state index contributed by atoms with van der Waals surface area (Å²) in [5, 5.41) is 14.8. The Morgan fingerprint density at radius 2 is 1.97 bits per heavy atom. The average molecular weight is 439 g/mol. The summed E-state index contributed by atoms with van der Waals surface area (Å²) in [6.07, 6.45) is 7.75. The molecule has 2 aromatic heterocycles. The molecule has 7 heteroatoms. The van der Waals surface area contributed by atoms with Crippen LogP contribution in [0.3, 0.4) is 0 Å². The zero-order valence-corrected chi connectivity index (χ0v) is 19.4. The first kappa shape index (κ1) is 21.8. The fraction of sp³-hybridized carbons (Fsp3) is 0.500. The summed E-state index contributed by atoms with van der Waals surface area (Å²) in [6.45, 7) is 8.07. The van der Waals surface area contributed by atoms with Gasteiger partial charge in [-0.25, -0.2) is 15.0 Å². The van der Waals surface area contributed by atoms with Gasteiger partial charge in [0.05, 0.1) is 20.8 Å². The maximum absolute atomic E-state index is 12.7. The topological polar surface area (TPSA) is 88.0 Å². The molecule has 1 amide bonds. The molecule has 0 atom stereocenters. The van der Waals surface area contributed by atoms with E-state index in [2.05, 4.69) is 29.1 Å². The standard InChI is InChI=1S/C24H30N4O2S/c1-14(2)15-5-7-16(8-6-15)23-28-20-11-17(24(3,4)30)19(12-21(20)31-23)27-22(29)18-9-10-25-13-26-18/h9-16,30H,5-8H2,1-4H3,(H,27,29). The van der Waals surface area contributed by atoms with Crippen LogP contribution in [0.4, 0.5) is 5.69 Å². The summed E-state index contributed by atoms with van der Waals surface area (Å²) < 4.78 is 1.02. The molecule has 0 spiro atoms. The van der Waals surface area contributed by atoms with Crippen LogP contribution in [-0.4, -0.2) is 26.0 Å². The van der Waals surface area contributed by atoms with E-state index in [1.165, 1.54) is 38.2 Å². The van der Waals surface area contributed by atoms with E-state index in [0.717, 1.165) is 27.1 Å². The van der Waals surface area contributed by atoms with E-state index < -0.39 is 5.60 Å². The molecule has 1 fully saturated rings. The molecule has 4 rings (SSSR count). The molecule has 1 aliphatic carbocycles. The molecule has 6 nitrogen and oxygen atoms in total. The highest BCUT2D eigenvalue weighted by molar-refractivity contribution is 7.18. The molecular formula is C24H30N4O2S. The zero-order chi connectivity index (χ0) is 22.2. The number of benzene rings is 1. The van der Waals surface area contributed by atoms with Crippen molar-refractivity contribution in [2.45, 2.75) is 64.9 Å². The molecule has 0 radical (unpaired) electrons. The molecule has 2 heterocycles. The van der Waals surface area contributed by atoms with Crippen LogP contribution >= 0.6 is 11.3 Å². The Labute approximate surface area is 187 Å². The largest absolute Gasteiger partial charge is 0.386 e. The van der Waals surface area contributed by atoms with Gasteiger partial charge in [0, 0.05) is 23.4 Å². The SMILES string of the molecule is CC(C)C1CCC(c2nc3cc(C(C)(C)O)c(NC(=O)c4ccncn4)cc3s2)CC1. The fourth-order valence-corrected chi connectivity index (χ4v) is 5.58. The molecule has 1 saturated carbocycles. The highest BCUT2D eigenvalue weighted by Gasteiger charge is 2.28. The predicted octanol–water partition coefficient (Wildman–Crippen LogP) is 5.50. The molecule has 164 valence electrons. The van der Waals surface area contributed by atoms with Crippen molar-refractivity contribution in [1.82, 2.24) is 15.0 Å². The summed E-state index contributed by atoms with van der Waals surface area (Å²) in [5.41, 5.74) is 1.26. The molecule has 1 aromatic carbocycles. The second-order valence-corrected chi connectivity index (χ2v) is 10.4. The highest BCUT2D eigenvalue weighted by Crippen LogP contribution is 2.42. The lowest BCUT2D eigenvalue weighted by molar-refractivity contribution is 0.0794. The summed E-state index contributed by atoms with van der Waals surface area (Å²) in [5.74, 6) is 1.73. The van der Waals surface area contributed by atoms with Gasteiger partial charge in [-0.15, -0.1) is 11.3 Å². The number of nitrogens with zero attached hydrogens (tertiary/aromatic N) is 3. The number of thiazole rings is 1. The lowest BCUT2D eigenvalue weighted by Gasteiger charge is -2.29. The minimum Gasteiger partial charge on any atom is -0.386 e. The number of nitrogens with one attached hydrogen (secondary N) is 1. The van der Waals surface area contributed by atoms with Crippen LogP contribution in [0.25, 0.3) is 10.2 Å². The van der Waals surface area contributed by atoms with Gasteiger partial charge in [-0.05, 0) is 69.6 Å². The normalized spacial score (nSPS) is 19.7. The number of rotatable bonds is 5. The van der Waals surface area contributed by atoms with Gasteiger partial charge in [0.15, 0.2) is 0 Å². The smallest absolute Gasteiger partial charge is 0.274 e. The molecule has 3 aromatic rings. The van der Waals surface area contributed by atoms with Crippen LogP contribution in [0.5, 0.6) is 0 Å². The first-order chi connectivity index (χ1) is 14.7. The lowest BCUT2D eigenvalue weighted by atomic mass is 9.77. The predicted molar refractivity (Wildman–Crippen MR) is 124 cm³/mol. The van der Waals surface area contributed by atoms with Crippen molar-refractivity contribution in [1.29, 1.82) is 0 Å². The Balaban J connectivity index is 1.64. The number of aromatic nitrogens is 3. The van der Waals surface area contributed by atoms with Crippen LogP contribution < -0.4 is 5.32 Å². The monoisotopic (exact) mass is 438 g/mol. The molecule has 0 bridgehead atoms. The van der Waals surface area contributed by atoms with Gasteiger partial charge >= 0.3 is 0 Å². The Morgan fingerprint density at radius 1 is 1.23 bits per heavy atom. The molecule has 0 saturated heterocycles. The first-order valence-electron chi connectivity index (χ1n) is 11.0. The third-order valence-electron chi connectivity index (χ3n) is 6.33. The van der Waals surface area contributed by atoms with Gasteiger partial charge in [-0.2, -0.15) is 0 Å². The maximum Gasteiger partial charge on any atom is 0.274 e. The van der Waals surface area contributed by atoms with Gasteiger partial charge in [-0.1, -0.05) is 13.8 Å². The molecule has 0 unspecified atom stereocenters. The third kappa shape index (κ3) is 4.77. The van der Waals surface area contributed by atoms with Crippen molar-refractivity contribution in [2.24, 2.45) is 11.8 Å². The minimum atomic E-state index is -1.12. The van der Waals surface area contributed by atoms with E-state index in [0.29, 0.717) is 17.2 Å².